The summed E-state index contributed by atoms with van der Waals surface area (Å²) < 4.78 is 12.0. The van der Waals surface area contributed by atoms with Crippen LogP contribution in [-0.2, 0) is 27.4 Å². The first kappa shape index (κ1) is 20.5. The first-order valence-electron chi connectivity index (χ1n) is 10.2. The first-order valence-corrected chi connectivity index (χ1v) is 10.2. The molecule has 0 radical (unpaired) electrons. The summed E-state index contributed by atoms with van der Waals surface area (Å²) >= 11 is 0. The lowest BCUT2D eigenvalue weighted by molar-refractivity contribution is -0.190. The Morgan fingerprint density at radius 3 is 2.93 bits per heavy atom. The second-order valence-corrected chi connectivity index (χ2v) is 7.62. The predicted octanol–water partition coefficient (Wildman–Crippen LogP) is 2.02. The maximum atomic E-state index is 12.4. The normalized spacial score (nSPS) is 18.6. The summed E-state index contributed by atoms with van der Waals surface area (Å²) in [5, 5.41) is 6.35. The molecule has 28 heavy (non-hydrogen) atoms. The Labute approximate surface area is 164 Å². The van der Waals surface area contributed by atoms with Crippen molar-refractivity contribution in [2.45, 2.75) is 51.5 Å². The van der Waals surface area contributed by atoms with E-state index in [1.54, 1.807) is 6.92 Å². The van der Waals surface area contributed by atoms with E-state index < -0.39 is 12.0 Å². The maximum Gasteiger partial charge on any atom is 0.365 e. The molecule has 0 saturated carbocycles. The SMILES string of the molecule is C[C@@H](C(=O)OF)N1CCC(C(=O)NCCCc2ccc3c(n2)NCCC3)CC1. The summed E-state index contributed by atoms with van der Waals surface area (Å²) in [5.41, 5.74) is 2.33. The maximum absolute atomic E-state index is 12.4. The number of piperidine rings is 1. The molecule has 1 atom stereocenters. The molecule has 2 N–H and O–H groups in total. The average Bonchev–Trinajstić information content (AvgIpc) is 2.75. The Kier molecular flexibility index (Phi) is 7.19. The van der Waals surface area contributed by atoms with Gasteiger partial charge in [0, 0.05) is 29.2 Å². The molecule has 0 aromatic carbocycles. The van der Waals surface area contributed by atoms with Crippen LogP contribution in [0.1, 0.15) is 43.9 Å². The van der Waals surface area contributed by atoms with Gasteiger partial charge in [-0.1, -0.05) is 6.07 Å². The molecule has 2 aliphatic rings. The zero-order chi connectivity index (χ0) is 19.9. The lowest BCUT2D eigenvalue weighted by atomic mass is 9.95. The molecule has 1 aromatic rings. The number of halogens is 1. The highest BCUT2D eigenvalue weighted by atomic mass is 19.3. The number of hydrogen-bond donors (Lipinski definition) is 2. The molecule has 154 valence electrons. The number of nitrogens with zero attached hydrogens (tertiary/aromatic N) is 2. The fourth-order valence-electron chi connectivity index (χ4n) is 3.90. The van der Waals surface area contributed by atoms with Gasteiger partial charge in [-0.3, -0.25) is 14.6 Å². The van der Waals surface area contributed by atoms with Crippen molar-refractivity contribution in [3.05, 3.63) is 23.4 Å². The van der Waals surface area contributed by atoms with Crippen LogP contribution in [0.25, 0.3) is 0 Å². The second kappa shape index (κ2) is 9.82. The van der Waals surface area contributed by atoms with Gasteiger partial charge in [0.15, 0.2) is 0 Å². The van der Waals surface area contributed by atoms with Crippen molar-refractivity contribution in [3.63, 3.8) is 0 Å². The number of fused-ring (bicyclic) bond motifs is 1. The minimum Gasteiger partial charge on any atom is -0.370 e. The molecule has 0 aliphatic carbocycles. The van der Waals surface area contributed by atoms with E-state index in [1.165, 1.54) is 5.56 Å². The number of aryl methyl sites for hydroxylation is 2. The Morgan fingerprint density at radius 1 is 1.39 bits per heavy atom. The van der Waals surface area contributed by atoms with E-state index in [9.17, 15) is 14.1 Å². The minimum atomic E-state index is -0.881. The van der Waals surface area contributed by atoms with Crippen molar-refractivity contribution < 1.29 is 19.1 Å². The van der Waals surface area contributed by atoms with Gasteiger partial charge in [-0.2, -0.15) is 0 Å². The van der Waals surface area contributed by atoms with E-state index in [-0.39, 0.29) is 11.8 Å². The summed E-state index contributed by atoms with van der Waals surface area (Å²) in [5.74, 6) is 0.121. The van der Waals surface area contributed by atoms with Gasteiger partial charge in [0.2, 0.25) is 5.91 Å². The third-order valence-electron chi connectivity index (χ3n) is 5.73. The number of carbonyl (C=O) groups excluding carboxylic acids is 2. The van der Waals surface area contributed by atoms with Gasteiger partial charge in [-0.25, -0.2) is 9.78 Å². The Balaban J connectivity index is 1.35. The molecule has 2 aliphatic heterocycles. The van der Waals surface area contributed by atoms with Crippen LogP contribution in [0.2, 0.25) is 0 Å². The minimum absolute atomic E-state index is 0.0560. The van der Waals surface area contributed by atoms with Gasteiger partial charge in [0.1, 0.15) is 11.9 Å². The first-order chi connectivity index (χ1) is 13.6. The van der Waals surface area contributed by atoms with Gasteiger partial charge in [0.25, 0.3) is 0 Å². The summed E-state index contributed by atoms with van der Waals surface area (Å²) in [6.45, 7) is 4.38. The number of carbonyl (C=O) groups is 2. The van der Waals surface area contributed by atoms with E-state index in [4.69, 9.17) is 0 Å². The van der Waals surface area contributed by atoms with Crippen molar-refractivity contribution in [2.24, 2.45) is 5.92 Å². The molecule has 0 bridgehead atoms. The Bertz CT molecular complexity index is 692. The van der Waals surface area contributed by atoms with Gasteiger partial charge in [0.05, 0.1) is 0 Å². The van der Waals surface area contributed by atoms with Crippen LogP contribution in [0, 0.1) is 5.92 Å². The number of anilines is 1. The molecule has 1 saturated heterocycles. The van der Waals surface area contributed by atoms with E-state index in [0.29, 0.717) is 32.5 Å². The van der Waals surface area contributed by atoms with Crippen LogP contribution < -0.4 is 10.6 Å². The topological polar surface area (TPSA) is 83.6 Å². The monoisotopic (exact) mass is 392 g/mol. The predicted molar refractivity (Wildman–Crippen MR) is 103 cm³/mol. The van der Waals surface area contributed by atoms with Crippen molar-refractivity contribution in [2.75, 3.05) is 31.5 Å². The largest absolute Gasteiger partial charge is 0.370 e. The fourth-order valence-corrected chi connectivity index (χ4v) is 3.90. The molecule has 1 amide bonds. The molecule has 8 heteroatoms. The quantitative estimate of drug-likeness (QED) is 0.691. The van der Waals surface area contributed by atoms with Gasteiger partial charge in [-0.05, 0) is 70.2 Å². The number of pyridine rings is 1. The van der Waals surface area contributed by atoms with Crippen LogP contribution in [0.3, 0.4) is 0 Å². The molecule has 7 nitrogen and oxygen atoms in total. The van der Waals surface area contributed by atoms with Crippen molar-refractivity contribution >= 4 is 17.7 Å². The van der Waals surface area contributed by atoms with E-state index in [1.807, 2.05) is 4.90 Å². The lowest BCUT2D eigenvalue weighted by Crippen LogP contribution is -2.46. The number of amides is 1. The van der Waals surface area contributed by atoms with E-state index >= 15 is 0 Å². The van der Waals surface area contributed by atoms with E-state index in [2.05, 4.69) is 32.7 Å². The van der Waals surface area contributed by atoms with Crippen molar-refractivity contribution in [1.82, 2.24) is 15.2 Å². The molecular formula is C20H29FN4O3. The third-order valence-corrected chi connectivity index (χ3v) is 5.73. The molecule has 0 unspecified atom stereocenters. The highest BCUT2D eigenvalue weighted by molar-refractivity contribution is 5.79. The second-order valence-electron chi connectivity index (χ2n) is 7.62. The van der Waals surface area contributed by atoms with Gasteiger partial charge in [-0.15, -0.1) is 0 Å². The molecule has 3 rings (SSSR count). The summed E-state index contributed by atoms with van der Waals surface area (Å²) in [6.07, 6.45) is 5.23. The van der Waals surface area contributed by atoms with Crippen molar-refractivity contribution in [1.29, 1.82) is 0 Å². The highest BCUT2D eigenvalue weighted by Crippen LogP contribution is 2.21. The number of likely N-dealkylation sites (tertiary alicyclic amines) is 1. The zero-order valence-electron chi connectivity index (χ0n) is 16.4. The number of hydrogen-bond acceptors (Lipinski definition) is 6. The average molecular weight is 392 g/mol. The van der Waals surface area contributed by atoms with Crippen molar-refractivity contribution in [3.8, 4) is 0 Å². The number of rotatable bonds is 7. The summed E-state index contributed by atoms with van der Waals surface area (Å²) in [7, 11) is 0. The fraction of sp³-hybridized carbons (Fsp3) is 0.650. The Morgan fingerprint density at radius 2 is 2.18 bits per heavy atom. The van der Waals surface area contributed by atoms with E-state index in [0.717, 1.165) is 43.7 Å². The Hall–Kier alpha value is -2.22. The smallest absolute Gasteiger partial charge is 0.365 e. The molecule has 1 fully saturated rings. The number of nitrogens with one attached hydrogen (secondary N) is 2. The molecule has 1 aromatic heterocycles. The van der Waals surface area contributed by atoms with Crippen LogP contribution in [0.4, 0.5) is 10.3 Å². The van der Waals surface area contributed by atoms with Gasteiger partial charge < -0.3 is 10.6 Å². The lowest BCUT2D eigenvalue weighted by Gasteiger charge is -2.33. The van der Waals surface area contributed by atoms with Crippen LogP contribution >= 0.6 is 0 Å². The third kappa shape index (κ3) is 5.19. The zero-order valence-corrected chi connectivity index (χ0v) is 16.4. The molecule has 0 spiro atoms. The molecule has 3 heterocycles. The van der Waals surface area contributed by atoms with Crippen LogP contribution in [0.15, 0.2) is 12.1 Å². The summed E-state index contributed by atoms with van der Waals surface area (Å²) in [6, 6.07) is 3.61. The van der Waals surface area contributed by atoms with Crippen LogP contribution in [-0.4, -0.2) is 54.0 Å². The summed E-state index contributed by atoms with van der Waals surface area (Å²) in [4.78, 5) is 33.5. The molecular weight excluding hydrogens is 363 g/mol. The standard InChI is InChI=1S/C20H29FN4O3/c1-14(20(27)28-21)25-12-8-16(9-13-25)19(26)23-11-3-5-17-7-6-15-4-2-10-22-18(15)24-17/h6-7,14,16H,2-5,8-13H2,1H3,(H,22,24)(H,23,26)/t14-/m0/s1. The number of aromatic nitrogens is 1. The van der Waals surface area contributed by atoms with Gasteiger partial charge >= 0.3 is 5.97 Å². The highest BCUT2D eigenvalue weighted by Gasteiger charge is 2.30. The van der Waals surface area contributed by atoms with Crippen LogP contribution in [0.5, 0.6) is 0 Å².